The fourth-order valence-electron chi connectivity index (χ4n) is 3.39. The van der Waals surface area contributed by atoms with Crippen molar-refractivity contribution in [2.24, 2.45) is 4.99 Å². The van der Waals surface area contributed by atoms with E-state index < -0.39 is 11.6 Å². The number of benzene rings is 2. The highest BCUT2D eigenvalue weighted by Gasteiger charge is 2.16. The van der Waals surface area contributed by atoms with E-state index in [0.717, 1.165) is 43.9 Å². The van der Waals surface area contributed by atoms with Gasteiger partial charge in [0.05, 0.1) is 12.7 Å². The lowest BCUT2D eigenvalue weighted by molar-refractivity contribution is -0.0212. The molecule has 2 aromatic rings. The average molecular weight is 402 g/mol. The lowest BCUT2D eigenvalue weighted by Gasteiger charge is -2.31. The number of halogens is 2. The molecule has 29 heavy (non-hydrogen) atoms. The Labute approximate surface area is 170 Å². The summed E-state index contributed by atoms with van der Waals surface area (Å²) in [5.41, 5.74) is 2.64. The molecule has 1 aliphatic rings. The largest absolute Gasteiger partial charge is 0.376 e. The van der Waals surface area contributed by atoms with Gasteiger partial charge in [-0.05, 0) is 36.2 Å². The second-order valence-electron chi connectivity index (χ2n) is 7.25. The quantitative estimate of drug-likeness (QED) is 0.576. The predicted octanol–water partition coefficient (Wildman–Crippen LogP) is 3.05. The summed E-state index contributed by atoms with van der Waals surface area (Å²) < 4.78 is 32.7. The Bertz CT molecular complexity index is 843. The van der Waals surface area contributed by atoms with E-state index in [-0.39, 0.29) is 18.2 Å². The zero-order valence-electron chi connectivity index (χ0n) is 16.9. The Morgan fingerprint density at radius 2 is 1.93 bits per heavy atom. The maximum Gasteiger partial charge on any atom is 0.191 e. The summed E-state index contributed by atoms with van der Waals surface area (Å²) in [6.45, 7) is 6.39. The predicted molar refractivity (Wildman–Crippen MR) is 111 cm³/mol. The summed E-state index contributed by atoms with van der Waals surface area (Å²) in [5, 5.41) is 6.24. The molecule has 1 aliphatic heterocycles. The van der Waals surface area contributed by atoms with Gasteiger partial charge in [-0.25, -0.2) is 8.78 Å². The lowest BCUT2D eigenvalue weighted by atomic mass is 10.1. The summed E-state index contributed by atoms with van der Waals surface area (Å²) in [5.74, 6) is -0.377. The van der Waals surface area contributed by atoms with Gasteiger partial charge in [-0.3, -0.25) is 9.89 Å². The van der Waals surface area contributed by atoms with E-state index in [1.165, 1.54) is 11.6 Å². The molecule has 0 saturated carbocycles. The molecular formula is C22H28F2N4O. The minimum atomic E-state index is -0.461. The van der Waals surface area contributed by atoms with Gasteiger partial charge in [-0.2, -0.15) is 0 Å². The van der Waals surface area contributed by atoms with Crippen LogP contribution in [0, 0.1) is 11.6 Å². The Morgan fingerprint density at radius 1 is 1.14 bits per heavy atom. The number of morpholine rings is 1. The monoisotopic (exact) mass is 402 g/mol. The lowest BCUT2D eigenvalue weighted by Crippen LogP contribution is -2.40. The third-order valence-electron chi connectivity index (χ3n) is 4.86. The molecule has 1 atom stereocenters. The Hall–Kier alpha value is -2.51. The number of nitrogens with one attached hydrogen (secondary N) is 2. The van der Waals surface area contributed by atoms with Crippen LogP contribution in [0.25, 0.3) is 0 Å². The van der Waals surface area contributed by atoms with Gasteiger partial charge >= 0.3 is 0 Å². The number of hydrogen-bond donors (Lipinski definition) is 2. The third-order valence-corrected chi connectivity index (χ3v) is 4.86. The van der Waals surface area contributed by atoms with Gasteiger partial charge < -0.3 is 15.4 Å². The van der Waals surface area contributed by atoms with Crippen LogP contribution in [0.4, 0.5) is 8.78 Å². The van der Waals surface area contributed by atoms with Gasteiger partial charge in [0.1, 0.15) is 11.6 Å². The molecule has 156 valence electrons. The first kappa shape index (κ1) is 21.2. The minimum Gasteiger partial charge on any atom is -0.376 e. The second kappa shape index (κ2) is 10.3. The molecule has 0 aromatic heterocycles. The van der Waals surface area contributed by atoms with E-state index in [9.17, 15) is 8.78 Å². The standard InChI is InChI=1S/C22H28F2N4O/c1-16-14-28(8-9-29-16)15-18-5-3-4-17(10-18)12-26-22(25-2)27-13-19-11-20(23)6-7-21(19)24/h3-7,10-11,16H,8-9,12-15H2,1-2H3,(H2,25,26,27). The van der Waals surface area contributed by atoms with E-state index in [1.807, 2.05) is 0 Å². The minimum absolute atomic E-state index is 0.151. The average Bonchev–Trinajstić information content (AvgIpc) is 2.71. The molecule has 2 N–H and O–H groups in total. The summed E-state index contributed by atoms with van der Waals surface area (Å²) >= 11 is 0. The molecule has 2 aromatic carbocycles. The van der Waals surface area contributed by atoms with E-state index >= 15 is 0 Å². The molecule has 1 saturated heterocycles. The highest BCUT2D eigenvalue weighted by Crippen LogP contribution is 2.12. The molecule has 0 aliphatic carbocycles. The Balaban J connectivity index is 1.52. The van der Waals surface area contributed by atoms with Crippen molar-refractivity contribution < 1.29 is 13.5 Å². The molecule has 0 spiro atoms. The first-order chi connectivity index (χ1) is 14.0. The number of guanidine groups is 1. The fraction of sp³-hybridized carbons (Fsp3) is 0.409. The van der Waals surface area contributed by atoms with Crippen molar-refractivity contribution in [3.63, 3.8) is 0 Å². The zero-order valence-corrected chi connectivity index (χ0v) is 16.9. The van der Waals surface area contributed by atoms with Crippen molar-refractivity contribution in [1.29, 1.82) is 0 Å². The number of ether oxygens (including phenoxy) is 1. The van der Waals surface area contributed by atoms with Crippen molar-refractivity contribution in [2.45, 2.75) is 32.7 Å². The molecule has 5 nitrogen and oxygen atoms in total. The van der Waals surface area contributed by atoms with E-state index in [1.54, 1.807) is 7.05 Å². The van der Waals surface area contributed by atoms with Crippen molar-refractivity contribution >= 4 is 5.96 Å². The topological polar surface area (TPSA) is 48.9 Å². The first-order valence-corrected chi connectivity index (χ1v) is 9.83. The molecule has 1 heterocycles. The molecule has 7 heteroatoms. The zero-order chi connectivity index (χ0) is 20.6. The van der Waals surface area contributed by atoms with Gasteiger partial charge in [0.15, 0.2) is 5.96 Å². The van der Waals surface area contributed by atoms with Crippen LogP contribution in [0.5, 0.6) is 0 Å². The molecule has 1 fully saturated rings. The molecule has 0 amide bonds. The van der Waals surface area contributed by atoms with Gasteiger partial charge in [-0.15, -0.1) is 0 Å². The van der Waals surface area contributed by atoms with Gasteiger partial charge in [0.25, 0.3) is 0 Å². The van der Waals surface area contributed by atoms with Gasteiger partial charge in [-0.1, -0.05) is 24.3 Å². The van der Waals surface area contributed by atoms with Crippen LogP contribution >= 0.6 is 0 Å². The van der Waals surface area contributed by atoms with Crippen LogP contribution in [0.1, 0.15) is 23.6 Å². The van der Waals surface area contributed by atoms with E-state index in [2.05, 4.69) is 51.7 Å². The maximum absolute atomic E-state index is 13.8. The van der Waals surface area contributed by atoms with Crippen molar-refractivity contribution in [1.82, 2.24) is 15.5 Å². The molecular weight excluding hydrogens is 374 g/mol. The number of hydrogen-bond acceptors (Lipinski definition) is 3. The molecule has 3 rings (SSSR count). The fourth-order valence-corrected chi connectivity index (χ4v) is 3.39. The molecule has 1 unspecified atom stereocenters. The highest BCUT2D eigenvalue weighted by atomic mass is 19.1. The number of rotatable bonds is 6. The van der Waals surface area contributed by atoms with Crippen molar-refractivity contribution in [2.75, 3.05) is 26.7 Å². The molecule has 0 radical (unpaired) electrons. The third kappa shape index (κ3) is 6.51. The van der Waals surface area contributed by atoms with Crippen LogP contribution in [0.15, 0.2) is 47.5 Å². The molecule has 0 bridgehead atoms. The summed E-state index contributed by atoms with van der Waals surface area (Å²) in [7, 11) is 1.65. The SMILES string of the molecule is CN=C(NCc1cccc(CN2CCOC(C)C2)c1)NCc1cc(F)ccc1F. The summed E-state index contributed by atoms with van der Waals surface area (Å²) in [4.78, 5) is 6.55. The van der Waals surface area contributed by atoms with Crippen LogP contribution in [-0.2, 0) is 24.4 Å². The maximum atomic E-state index is 13.8. The summed E-state index contributed by atoms with van der Waals surface area (Å²) in [6.07, 6.45) is 0.269. The van der Waals surface area contributed by atoms with Crippen LogP contribution in [0.3, 0.4) is 0 Å². The first-order valence-electron chi connectivity index (χ1n) is 9.83. The Morgan fingerprint density at radius 3 is 2.72 bits per heavy atom. The van der Waals surface area contributed by atoms with Crippen molar-refractivity contribution in [3.05, 3.63) is 70.8 Å². The van der Waals surface area contributed by atoms with Gasteiger partial charge in [0, 0.05) is 45.3 Å². The van der Waals surface area contributed by atoms with Crippen LogP contribution < -0.4 is 10.6 Å². The normalized spacial score (nSPS) is 17.9. The smallest absolute Gasteiger partial charge is 0.191 e. The van der Waals surface area contributed by atoms with Crippen LogP contribution in [-0.4, -0.2) is 43.7 Å². The van der Waals surface area contributed by atoms with E-state index in [4.69, 9.17) is 4.74 Å². The van der Waals surface area contributed by atoms with Crippen molar-refractivity contribution in [3.8, 4) is 0 Å². The summed E-state index contributed by atoms with van der Waals surface area (Å²) in [6, 6.07) is 11.8. The number of nitrogens with zero attached hydrogens (tertiary/aromatic N) is 2. The number of aliphatic imine (C=N–C) groups is 1. The Kier molecular flexibility index (Phi) is 7.55. The second-order valence-corrected chi connectivity index (χ2v) is 7.25. The van der Waals surface area contributed by atoms with E-state index in [0.29, 0.717) is 12.5 Å². The highest BCUT2D eigenvalue weighted by molar-refractivity contribution is 5.79. The van der Waals surface area contributed by atoms with Crippen LogP contribution in [0.2, 0.25) is 0 Å². The van der Waals surface area contributed by atoms with Gasteiger partial charge in [0.2, 0.25) is 0 Å².